The zero-order valence-corrected chi connectivity index (χ0v) is 17.2. The molecule has 0 bridgehead atoms. The van der Waals surface area contributed by atoms with Crippen LogP contribution in [0.1, 0.15) is 5.69 Å². The van der Waals surface area contributed by atoms with E-state index in [1.807, 2.05) is 31.2 Å². The summed E-state index contributed by atoms with van der Waals surface area (Å²) in [5.74, 6) is 0. The molecule has 162 valence electrons. The second kappa shape index (κ2) is 15.6. The highest BCUT2D eigenvalue weighted by Crippen LogP contribution is 2.21. The van der Waals surface area contributed by atoms with E-state index < -0.39 is 0 Å². The van der Waals surface area contributed by atoms with Crippen molar-refractivity contribution in [2.75, 3.05) is 0 Å². The molecule has 0 saturated carbocycles. The van der Waals surface area contributed by atoms with Gasteiger partial charge in [-0.25, -0.2) is 0 Å². The topological polar surface area (TPSA) is 72.0 Å². The van der Waals surface area contributed by atoms with Crippen LogP contribution in [0.15, 0.2) is 59.2 Å². The summed E-state index contributed by atoms with van der Waals surface area (Å²) in [4.78, 5) is 11.0. The van der Waals surface area contributed by atoms with Gasteiger partial charge in [0, 0.05) is 41.8 Å². The van der Waals surface area contributed by atoms with Crippen molar-refractivity contribution in [1.29, 1.82) is 0 Å². The summed E-state index contributed by atoms with van der Waals surface area (Å²) in [5, 5.41) is 7.73. The van der Waals surface area contributed by atoms with E-state index in [4.69, 9.17) is 36.5 Å². The van der Waals surface area contributed by atoms with Crippen LogP contribution < -0.4 is 5.56 Å². The summed E-state index contributed by atoms with van der Waals surface area (Å²) in [7, 11) is 0. The second-order valence-corrected chi connectivity index (χ2v) is 6.41. The third kappa shape index (κ3) is 8.27. The molecule has 0 aliphatic rings. The second-order valence-electron chi connectivity index (χ2n) is 4.58. The van der Waals surface area contributed by atoms with Crippen LogP contribution in [0, 0.1) is 6.92 Å². The number of rotatable bonds is 0. The van der Waals surface area contributed by atoms with E-state index in [1.54, 1.807) is 12.1 Å². The van der Waals surface area contributed by atoms with Gasteiger partial charge in [-0.05, 0) is 43.3 Å². The molecule has 0 radical (unpaired) electrons. The van der Waals surface area contributed by atoms with Gasteiger partial charge in [0.1, 0.15) is 0 Å². The van der Waals surface area contributed by atoms with Crippen LogP contribution in [0.5, 0.6) is 0 Å². The van der Waals surface area contributed by atoms with Crippen molar-refractivity contribution in [2.24, 2.45) is 0 Å². The third-order valence-corrected chi connectivity index (χ3v) is 4.04. The van der Waals surface area contributed by atoms with Crippen molar-refractivity contribution in [1.82, 2.24) is 10.3 Å². The minimum absolute atomic E-state index is 0. The number of aryl methyl sites for hydroxylation is 1. The average Bonchev–Trinajstić information content (AvgIpc) is 3.30. The van der Waals surface area contributed by atoms with Gasteiger partial charge in [-0.15, -0.1) is 0 Å². The maximum atomic E-state index is 11.0. The van der Waals surface area contributed by atoms with E-state index in [0.29, 0.717) is 11.0 Å². The molecule has 4 rings (SSSR count). The van der Waals surface area contributed by atoms with Crippen LogP contribution in [0.2, 0.25) is 0 Å². The van der Waals surface area contributed by atoms with E-state index in [0.717, 1.165) is 25.6 Å². The monoisotopic (exact) mass is 558 g/mol. The Bertz CT molecular complexity index is 1020. The first-order valence-electron chi connectivity index (χ1n) is 6.76. The first-order chi connectivity index (χ1) is 13.5. The zero-order chi connectivity index (χ0) is 21.7. The standard InChI is InChI=1S/C8H6BrNO.C7H4BrNO2.3F2.FH/c1-5-7-4-6(9)2-3-8(7)11-10-5;8-4-1-2-6-5(3-4)7(10)9-11-6;3*1-2;/h2-4H,1H3;1-3H,(H,9,10);;;;1H. The summed E-state index contributed by atoms with van der Waals surface area (Å²) in [6.45, 7) is 1.93. The maximum absolute atomic E-state index is 11.0. The maximum Gasteiger partial charge on any atom is 0.287 e. The number of nitrogens with one attached hydrogen (secondary N) is 1. The van der Waals surface area contributed by atoms with Gasteiger partial charge >= 0.3 is 0 Å². The number of H-pyrrole nitrogens is 1. The molecule has 0 spiro atoms. The number of hydrogen-bond acceptors (Lipinski definition) is 4. The molecule has 0 amide bonds. The highest BCUT2D eigenvalue weighted by molar-refractivity contribution is 9.10. The van der Waals surface area contributed by atoms with Gasteiger partial charge in [-0.1, -0.05) is 37.0 Å². The lowest BCUT2D eigenvalue weighted by atomic mass is 10.2. The first kappa shape index (κ1) is 28.9. The Morgan fingerprint density at radius 2 is 1.34 bits per heavy atom. The van der Waals surface area contributed by atoms with Gasteiger partial charge in [0.2, 0.25) is 0 Å². The molecule has 14 heteroatoms. The van der Waals surface area contributed by atoms with E-state index in [2.05, 4.69) is 42.2 Å². The fourth-order valence-electron chi connectivity index (χ4n) is 1.96. The predicted octanol–water partition coefficient (Wildman–Crippen LogP) is 7.46. The minimum Gasteiger partial charge on any atom is -0.378 e. The van der Waals surface area contributed by atoms with Crippen LogP contribution in [-0.2, 0) is 0 Å². The number of aromatic amines is 1. The normalized spacial score (nSPS) is 8.72. The van der Waals surface area contributed by atoms with Crippen LogP contribution in [0.25, 0.3) is 21.9 Å². The van der Waals surface area contributed by atoms with Gasteiger partial charge in [0.25, 0.3) is 5.56 Å². The number of halogens is 9. The average molecular weight is 560 g/mol. The Morgan fingerprint density at radius 1 is 0.862 bits per heavy atom. The van der Waals surface area contributed by atoms with Gasteiger partial charge in [0.15, 0.2) is 11.2 Å². The van der Waals surface area contributed by atoms with E-state index in [1.165, 1.54) is 0 Å². The van der Waals surface area contributed by atoms with Crippen molar-refractivity contribution < 1.29 is 41.2 Å². The van der Waals surface area contributed by atoms with Gasteiger partial charge in [-0.2, -0.15) is 5.16 Å². The van der Waals surface area contributed by atoms with Crippen molar-refractivity contribution in [3.05, 3.63) is 61.4 Å². The molecule has 0 aliphatic heterocycles. The van der Waals surface area contributed by atoms with Gasteiger partial charge in [-0.3, -0.25) is 9.50 Å². The van der Waals surface area contributed by atoms with Crippen LogP contribution in [0.3, 0.4) is 0 Å². The Hall–Kier alpha value is -2.35. The smallest absolute Gasteiger partial charge is 0.287 e. The third-order valence-electron chi connectivity index (χ3n) is 3.05. The molecular formula is C15H11Br2F7N2O3. The molecule has 0 fully saturated rings. The summed E-state index contributed by atoms with van der Waals surface area (Å²) >= 11 is 6.64. The lowest BCUT2D eigenvalue weighted by Gasteiger charge is -1.87. The van der Waals surface area contributed by atoms with E-state index in [-0.39, 0.29) is 10.3 Å². The lowest BCUT2D eigenvalue weighted by Crippen LogP contribution is -1.95. The molecule has 29 heavy (non-hydrogen) atoms. The van der Waals surface area contributed by atoms with Gasteiger partial charge < -0.3 is 9.05 Å². The molecule has 5 nitrogen and oxygen atoms in total. The first-order valence-corrected chi connectivity index (χ1v) is 8.34. The zero-order valence-electron chi connectivity index (χ0n) is 14.1. The molecule has 1 N–H and O–H groups in total. The summed E-state index contributed by atoms with van der Waals surface area (Å²) in [5.41, 5.74) is 2.16. The molecule has 0 saturated heterocycles. The molecule has 2 aromatic carbocycles. The Labute approximate surface area is 173 Å². The lowest BCUT2D eigenvalue weighted by molar-refractivity contribution is 0.108. The summed E-state index contributed by atoms with van der Waals surface area (Å²) in [6.07, 6.45) is 0. The largest absolute Gasteiger partial charge is 0.378 e. The number of aromatic nitrogens is 2. The number of fused-ring (bicyclic) bond motifs is 2. The fourth-order valence-corrected chi connectivity index (χ4v) is 2.68. The molecule has 0 aliphatic carbocycles. The molecule has 2 heterocycles. The minimum atomic E-state index is -0.193. The quantitative estimate of drug-likeness (QED) is 0.227. The number of benzene rings is 2. The predicted molar refractivity (Wildman–Crippen MR) is 100 cm³/mol. The Balaban J connectivity index is 0. The van der Waals surface area contributed by atoms with Crippen LogP contribution in [0.4, 0.5) is 32.1 Å². The number of hydrogen-bond donors (Lipinski definition) is 1. The molecule has 0 atom stereocenters. The van der Waals surface area contributed by atoms with Gasteiger partial charge in [0.05, 0.1) is 11.1 Å². The van der Waals surface area contributed by atoms with Crippen molar-refractivity contribution >= 4 is 53.8 Å². The fraction of sp³-hybridized carbons (Fsp3) is 0.0667. The summed E-state index contributed by atoms with van der Waals surface area (Å²) in [6, 6.07) is 11.1. The van der Waals surface area contributed by atoms with Crippen molar-refractivity contribution in [2.45, 2.75) is 6.92 Å². The summed E-state index contributed by atoms with van der Waals surface area (Å²) < 4.78 is 59.8. The van der Waals surface area contributed by atoms with E-state index in [9.17, 15) is 4.79 Å². The van der Waals surface area contributed by atoms with Crippen molar-refractivity contribution in [3.63, 3.8) is 0 Å². The highest BCUT2D eigenvalue weighted by atomic mass is 79.9. The van der Waals surface area contributed by atoms with E-state index >= 15 is 0 Å². The molecule has 4 aromatic rings. The highest BCUT2D eigenvalue weighted by Gasteiger charge is 2.03. The van der Waals surface area contributed by atoms with Crippen LogP contribution >= 0.6 is 31.9 Å². The Morgan fingerprint density at radius 3 is 1.90 bits per heavy atom. The molecule has 0 unspecified atom stereocenters. The number of nitrogens with zero attached hydrogens (tertiary/aromatic N) is 1. The molecule has 2 aromatic heterocycles. The van der Waals surface area contributed by atoms with Crippen LogP contribution in [-0.4, -0.2) is 10.3 Å². The Kier molecular flexibility index (Phi) is 15.5. The van der Waals surface area contributed by atoms with Crippen molar-refractivity contribution in [3.8, 4) is 0 Å². The SMILES string of the molecule is Cc1noc2ccc(Br)cc12.F.FF.FF.FF.O=c1[nH]oc2ccc(Br)cc12. The molecular weight excluding hydrogens is 549 g/mol.